The number of nitrogens with zero attached hydrogens (tertiary/aromatic N) is 2. The van der Waals surface area contributed by atoms with Crippen molar-refractivity contribution in [2.24, 2.45) is 0 Å². The highest BCUT2D eigenvalue weighted by molar-refractivity contribution is 6.44. The van der Waals surface area contributed by atoms with Crippen LogP contribution in [0.3, 0.4) is 0 Å². The van der Waals surface area contributed by atoms with Crippen molar-refractivity contribution in [2.75, 3.05) is 32.8 Å². The van der Waals surface area contributed by atoms with E-state index in [4.69, 9.17) is 44.6 Å². The van der Waals surface area contributed by atoms with Gasteiger partial charge in [-0.3, -0.25) is 9.69 Å². The van der Waals surface area contributed by atoms with Crippen LogP contribution in [0.1, 0.15) is 15.9 Å². The molecule has 0 atom stereocenters. The van der Waals surface area contributed by atoms with Crippen LogP contribution in [-0.4, -0.2) is 59.6 Å². The summed E-state index contributed by atoms with van der Waals surface area (Å²) in [6, 6.07) is 10.4. The Hall–Kier alpha value is -1.99. The summed E-state index contributed by atoms with van der Waals surface area (Å²) in [6.07, 6.45) is 0. The lowest BCUT2D eigenvalue weighted by Crippen LogP contribution is -2.49. The maximum atomic E-state index is 12.4. The molecule has 1 N–H and O–H groups in total. The Morgan fingerprint density at radius 1 is 0.931 bits per heavy atom. The Morgan fingerprint density at radius 3 is 2.21 bits per heavy atom. The lowest BCUT2D eigenvalue weighted by molar-refractivity contribution is -0.135. The summed E-state index contributed by atoms with van der Waals surface area (Å²) in [7, 11) is 0. The van der Waals surface area contributed by atoms with Crippen LogP contribution < -0.4 is 4.74 Å². The van der Waals surface area contributed by atoms with E-state index >= 15 is 0 Å². The van der Waals surface area contributed by atoms with Crippen LogP contribution in [0.25, 0.3) is 0 Å². The molecular weight excluding hydrogens is 439 g/mol. The Labute approximate surface area is 183 Å². The number of ether oxygens (including phenoxy) is 1. The lowest BCUT2D eigenvalue weighted by Gasteiger charge is -2.34. The largest absolute Gasteiger partial charge is 0.482 e. The van der Waals surface area contributed by atoms with E-state index in [9.17, 15) is 9.59 Å². The smallest absolute Gasteiger partial charge is 0.337 e. The number of carboxylic acid groups (broad SMARTS) is 1. The molecule has 3 rings (SSSR count). The Morgan fingerprint density at radius 2 is 1.59 bits per heavy atom. The van der Waals surface area contributed by atoms with Crippen LogP contribution >= 0.6 is 34.8 Å². The number of hydrogen-bond acceptors (Lipinski definition) is 4. The van der Waals surface area contributed by atoms with Crippen molar-refractivity contribution < 1.29 is 19.4 Å². The fourth-order valence-corrected chi connectivity index (χ4v) is 3.62. The molecule has 154 valence electrons. The third kappa shape index (κ3) is 5.54. The van der Waals surface area contributed by atoms with Gasteiger partial charge in [0.1, 0.15) is 10.8 Å². The molecule has 0 bridgehead atoms. The van der Waals surface area contributed by atoms with Crippen LogP contribution in [0.2, 0.25) is 15.1 Å². The molecule has 0 aromatic heterocycles. The number of aromatic carboxylic acids is 1. The lowest BCUT2D eigenvalue weighted by atomic mass is 10.2. The molecule has 1 amide bonds. The maximum absolute atomic E-state index is 12.4. The van der Waals surface area contributed by atoms with E-state index in [0.717, 1.165) is 19.6 Å². The van der Waals surface area contributed by atoms with Gasteiger partial charge in [0.25, 0.3) is 5.91 Å². The van der Waals surface area contributed by atoms with Gasteiger partial charge in [0.2, 0.25) is 0 Å². The molecule has 0 spiro atoms. The zero-order valence-electron chi connectivity index (χ0n) is 15.4. The van der Waals surface area contributed by atoms with Crippen molar-refractivity contribution in [3.8, 4) is 5.75 Å². The van der Waals surface area contributed by atoms with E-state index in [2.05, 4.69) is 4.90 Å². The monoisotopic (exact) mass is 456 g/mol. The van der Waals surface area contributed by atoms with E-state index in [1.54, 1.807) is 4.90 Å². The highest BCUT2D eigenvalue weighted by Gasteiger charge is 2.22. The van der Waals surface area contributed by atoms with Gasteiger partial charge in [0.05, 0.1) is 10.6 Å². The van der Waals surface area contributed by atoms with Gasteiger partial charge in [-0.25, -0.2) is 4.79 Å². The topological polar surface area (TPSA) is 70.1 Å². The number of hydrogen-bond donors (Lipinski definition) is 1. The normalized spacial score (nSPS) is 14.7. The van der Waals surface area contributed by atoms with E-state index in [-0.39, 0.29) is 33.9 Å². The summed E-state index contributed by atoms with van der Waals surface area (Å²) in [5, 5.41) is 9.62. The summed E-state index contributed by atoms with van der Waals surface area (Å²) >= 11 is 17.9. The van der Waals surface area contributed by atoms with Crippen LogP contribution in [-0.2, 0) is 11.3 Å². The zero-order valence-corrected chi connectivity index (χ0v) is 17.7. The van der Waals surface area contributed by atoms with Crippen molar-refractivity contribution >= 4 is 46.7 Å². The van der Waals surface area contributed by atoms with Crippen molar-refractivity contribution in [2.45, 2.75) is 6.54 Å². The minimum absolute atomic E-state index is 0.0212. The highest BCUT2D eigenvalue weighted by atomic mass is 35.5. The first kappa shape index (κ1) is 21.7. The number of piperazine rings is 1. The second kappa shape index (κ2) is 9.67. The third-order valence-corrected chi connectivity index (χ3v) is 5.79. The second-order valence-electron chi connectivity index (χ2n) is 6.62. The molecule has 6 nitrogen and oxygen atoms in total. The SMILES string of the molecule is O=C(O)c1ccc(OCC(=O)N2CCN(Cc3ccc(Cl)cc3)CC2)c(Cl)c1Cl. The van der Waals surface area contributed by atoms with Gasteiger partial charge in [-0.05, 0) is 29.8 Å². The Bertz CT molecular complexity index is 897. The van der Waals surface area contributed by atoms with Gasteiger partial charge < -0.3 is 14.7 Å². The van der Waals surface area contributed by atoms with Crippen molar-refractivity contribution in [3.63, 3.8) is 0 Å². The Balaban J connectivity index is 1.49. The first-order chi connectivity index (χ1) is 13.8. The van der Waals surface area contributed by atoms with Crippen molar-refractivity contribution in [3.05, 3.63) is 62.6 Å². The number of rotatable bonds is 6. The molecule has 9 heteroatoms. The van der Waals surface area contributed by atoms with E-state index < -0.39 is 5.97 Å². The molecule has 0 aliphatic carbocycles. The van der Waals surface area contributed by atoms with Gasteiger partial charge in [-0.2, -0.15) is 0 Å². The van der Waals surface area contributed by atoms with Crippen LogP contribution in [0.5, 0.6) is 5.75 Å². The highest BCUT2D eigenvalue weighted by Crippen LogP contribution is 2.34. The number of amides is 1. The molecule has 2 aromatic rings. The number of benzene rings is 2. The van der Waals surface area contributed by atoms with Gasteiger partial charge >= 0.3 is 5.97 Å². The first-order valence-electron chi connectivity index (χ1n) is 8.94. The van der Waals surface area contributed by atoms with Crippen LogP contribution in [0, 0.1) is 0 Å². The summed E-state index contributed by atoms with van der Waals surface area (Å²) in [6.45, 7) is 3.33. The van der Waals surface area contributed by atoms with E-state index in [1.165, 1.54) is 17.7 Å². The van der Waals surface area contributed by atoms with E-state index in [1.807, 2.05) is 24.3 Å². The molecule has 29 heavy (non-hydrogen) atoms. The van der Waals surface area contributed by atoms with Crippen LogP contribution in [0.4, 0.5) is 0 Å². The molecule has 0 saturated carbocycles. The van der Waals surface area contributed by atoms with Gasteiger partial charge in [0, 0.05) is 37.7 Å². The standard InChI is InChI=1S/C20H19Cl3N2O4/c21-14-3-1-13(2-4-14)11-24-7-9-25(10-8-24)17(26)12-29-16-6-5-15(20(27)28)18(22)19(16)23/h1-6H,7-12H2,(H,27,28). The third-order valence-electron chi connectivity index (χ3n) is 4.67. The number of carbonyl (C=O) groups excluding carboxylic acids is 1. The minimum Gasteiger partial charge on any atom is -0.482 e. The summed E-state index contributed by atoms with van der Waals surface area (Å²) in [5.41, 5.74) is 1.06. The van der Waals surface area contributed by atoms with E-state index in [0.29, 0.717) is 18.1 Å². The zero-order chi connectivity index (χ0) is 21.0. The van der Waals surface area contributed by atoms with Gasteiger partial charge in [-0.1, -0.05) is 46.9 Å². The second-order valence-corrected chi connectivity index (χ2v) is 7.81. The van der Waals surface area contributed by atoms with Gasteiger partial charge in [0.15, 0.2) is 6.61 Å². The molecule has 0 unspecified atom stereocenters. The quantitative estimate of drug-likeness (QED) is 0.708. The molecule has 0 radical (unpaired) electrons. The molecule has 1 saturated heterocycles. The summed E-state index contributed by atoms with van der Waals surface area (Å²) in [5.74, 6) is -1.17. The average Bonchev–Trinajstić information content (AvgIpc) is 2.71. The number of carboxylic acids is 1. The Kier molecular flexibility index (Phi) is 7.24. The van der Waals surface area contributed by atoms with Crippen LogP contribution in [0.15, 0.2) is 36.4 Å². The minimum atomic E-state index is -1.18. The van der Waals surface area contributed by atoms with Crippen molar-refractivity contribution in [1.29, 1.82) is 0 Å². The average molecular weight is 458 g/mol. The fourth-order valence-electron chi connectivity index (χ4n) is 3.04. The predicted octanol–water partition coefficient (Wildman–Crippen LogP) is 4.07. The predicted molar refractivity (Wildman–Crippen MR) is 112 cm³/mol. The molecule has 2 aromatic carbocycles. The number of halogens is 3. The summed E-state index contributed by atoms with van der Waals surface area (Å²) < 4.78 is 5.47. The van der Waals surface area contributed by atoms with Crippen molar-refractivity contribution in [1.82, 2.24) is 9.80 Å². The maximum Gasteiger partial charge on any atom is 0.337 e. The molecule has 1 aliphatic heterocycles. The first-order valence-corrected chi connectivity index (χ1v) is 10.1. The summed E-state index contributed by atoms with van der Waals surface area (Å²) in [4.78, 5) is 27.5. The molecular formula is C20H19Cl3N2O4. The van der Waals surface area contributed by atoms with Gasteiger partial charge in [-0.15, -0.1) is 0 Å². The molecule has 1 fully saturated rings. The fraction of sp³-hybridized carbons (Fsp3) is 0.300. The molecule has 1 heterocycles. The molecule has 1 aliphatic rings. The number of carbonyl (C=O) groups is 2.